The van der Waals surface area contributed by atoms with Crippen molar-refractivity contribution in [2.75, 3.05) is 26.2 Å². The van der Waals surface area contributed by atoms with Gasteiger partial charge in [-0.05, 0) is 6.42 Å². The zero-order chi connectivity index (χ0) is 17.5. The molecule has 5 nitrogen and oxygen atoms in total. The van der Waals surface area contributed by atoms with Crippen LogP contribution < -0.4 is 10.1 Å². The summed E-state index contributed by atoms with van der Waals surface area (Å²) >= 11 is 0. The van der Waals surface area contributed by atoms with Crippen LogP contribution in [0.2, 0.25) is 0 Å². The van der Waals surface area contributed by atoms with Crippen molar-refractivity contribution in [1.29, 1.82) is 0 Å². The number of rotatable bonds is 5. The predicted octanol–water partition coefficient (Wildman–Crippen LogP) is 2.30. The molecular formula is C17H20F2N2O3. The first-order valence-corrected chi connectivity index (χ1v) is 7.75. The summed E-state index contributed by atoms with van der Waals surface area (Å²) in [7, 11) is 0. The third-order valence-electron chi connectivity index (χ3n) is 3.83. The van der Waals surface area contributed by atoms with E-state index in [9.17, 15) is 13.6 Å². The summed E-state index contributed by atoms with van der Waals surface area (Å²) in [6.45, 7) is 3.24. The molecule has 0 spiro atoms. The van der Waals surface area contributed by atoms with E-state index in [1.807, 2.05) is 6.92 Å². The molecule has 7 heteroatoms. The number of nitrogens with one attached hydrogen (secondary N) is 1. The van der Waals surface area contributed by atoms with Gasteiger partial charge >= 0.3 is 6.09 Å². The van der Waals surface area contributed by atoms with Gasteiger partial charge in [0.25, 0.3) is 0 Å². The number of hydrogen-bond donors (Lipinski definition) is 1. The number of terminal acetylenes is 1. The fourth-order valence-corrected chi connectivity index (χ4v) is 2.51. The summed E-state index contributed by atoms with van der Waals surface area (Å²) < 4.78 is 38.0. The van der Waals surface area contributed by atoms with Gasteiger partial charge in [-0.15, -0.1) is 6.42 Å². The van der Waals surface area contributed by atoms with Crippen molar-refractivity contribution < 1.29 is 23.0 Å². The average Bonchev–Trinajstić information content (AvgIpc) is 2.58. The van der Waals surface area contributed by atoms with Gasteiger partial charge in [0.05, 0.1) is 5.56 Å². The normalized spacial score (nSPS) is 17.2. The first-order chi connectivity index (χ1) is 11.6. The second-order valence-corrected chi connectivity index (χ2v) is 5.37. The Kier molecular flexibility index (Phi) is 6.38. The Labute approximate surface area is 139 Å². The third-order valence-corrected chi connectivity index (χ3v) is 3.83. The molecule has 1 fully saturated rings. The minimum atomic E-state index is -0.845. The number of carbonyl (C=O) groups is 1. The Balaban J connectivity index is 2.00. The maximum absolute atomic E-state index is 14.0. The Morgan fingerprint density at radius 2 is 2.17 bits per heavy atom. The number of benzene rings is 1. The number of nitrogens with zero attached hydrogens (tertiary/aromatic N) is 1. The Morgan fingerprint density at radius 1 is 1.46 bits per heavy atom. The zero-order valence-electron chi connectivity index (χ0n) is 13.5. The van der Waals surface area contributed by atoms with Crippen LogP contribution in [0.25, 0.3) is 0 Å². The number of carbonyl (C=O) groups excluding carboxylic acids is 1. The average molecular weight is 338 g/mol. The number of amides is 1. The van der Waals surface area contributed by atoms with Gasteiger partial charge in [-0.3, -0.25) is 0 Å². The van der Waals surface area contributed by atoms with Crippen LogP contribution in [0.1, 0.15) is 18.9 Å². The van der Waals surface area contributed by atoms with Gasteiger partial charge in [0, 0.05) is 37.8 Å². The lowest BCUT2D eigenvalue weighted by molar-refractivity contribution is 0.0699. The predicted molar refractivity (Wildman–Crippen MR) is 84.5 cm³/mol. The molecule has 0 bridgehead atoms. The van der Waals surface area contributed by atoms with Crippen molar-refractivity contribution in [2.24, 2.45) is 0 Å². The van der Waals surface area contributed by atoms with Crippen LogP contribution >= 0.6 is 0 Å². The third kappa shape index (κ3) is 4.36. The molecule has 1 heterocycles. The lowest BCUT2D eigenvalue weighted by Crippen LogP contribution is -2.53. The summed E-state index contributed by atoms with van der Waals surface area (Å²) in [4.78, 5) is 13.7. The first kappa shape index (κ1) is 18.0. The van der Waals surface area contributed by atoms with E-state index in [1.54, 1.807) is 4.90 Å². The fraction of sp³-hybridized carbons (Fsp3) is 0.471. The molecule has 1 N–H and O–H groups in total. The van der Waals surface area contributed by atoms with Crippen molar-refractivity contribution >= 4 is 6.09 Å². The molecule has 2 rings (SSSR count). The molecule has 1 amide bonds. The van der Waals surface area contributed by atoms with Crippen LogP contribution in [-0.4, -0.2) is 43.3 Å². The molecule has 0 aliphatic carbocycles. The quantitative estimate of drug-likeness (QED) is 0.837. The molecule has 0 saturated carbocycles. The highest BCUT2D eigenvalue weighted by molar-refractivity contribution is 5.68. The highest BCUT2D eigenvalue weighted by Crippen LogP contribution is 2.22. The number of ether oxygens (including phenoxy) is 2. The topological polar surface area (TPSA) is 50.8 Å². The Bertz CT molecular complexity index is 608. The monoisotopic (exact) mass is 338 g/mol. The van der Waals surface area contributed by atoms with Crippen molar-refractivity contribution in [3.8, 4) is 18.1 Å². The van der Waals surface area contributed by atoms with E-state index in [1.165, 1.54) is 0 Å². The van der Waals surface area contributed by atoms with Crippen LogP contribution in [0.3, 0.4) is 0 Å². The molecule has 0 aromatic heterocycles. The Hall–Kier alpha value is -2.33. The van der Waals surface area contributed by atoms with Crippen LogP contribution in [0.4, 0.5) is 13.6 Å². The van der Waals surface area contributed by atoms with E-state index >= 15 is 0 Å². The van der Waals surface area contributed by atoms with Gasteiger partial charge in [-0.2, -0.15) is 0 Å². The van der Waals surface area contributed by atoms with Crippen molar-refractivity contribution in [3.05, 3.63) is 29.3 Å². The van der Waals surface area contributed by atoms with E-state index in [2.05, 4.69) is 11.2 Å². The van der Waals surface area contributed by atoms with E-state index in [0.717, 1.165) is 18.6 Å². The van der Waals surface area contributed by atoms with E-state index < -0.39 is 24.3 Å². The SMILES string of the molecule is C#CCOc1cc(F)c(COC(=O)N2CCNC[C@H]2CC)c(F)c1. The highest BCUT2D eigenvalue weighted by Gasteiger charge is 2.26. The van der Waals surface area contributed by atoms with Crippen molar-refractivity contribution in [3.63, 3.8) is 0 Å². The number of halogens is 2. The summed E-state index contributed by atoms with van der Waals surface area (Å²) in [5.41, 5.74) is -0.320. The summed E-state index contributed by atoms with van der Waals surface area (Å²) in [5, 5.41) is 3.19. The van der Waals surface area contributed by atoms with Gasteiger partial charge in [-0.1, -0.05) is 12.8 Å². The molecule has 1 aliphatic rings. The van der Waals surface area contributed by atoms with E-state index in [4.69, 9.17) is 15.9 Å². The maximum atomic E-state index is 14.0. The van der Waals surface area contributed by atoms with E-state index in [0.29, 0.717) is 19.6 Å². The summed E-state index contributed by atoms with van der Waals surface area (Å²) in [5.74, 6) is 0.510. The van der Waals surface area contributed by atoms with Crippen molar-refractivity contribution in [2.45, 2.75) is 26.0 Å². The van der Waals surface area contributed by atoms with Gasteiger partial charge < -0.3 is 19.7 Å². The molecule has 1 aromatic rings. The van der Waals surface area contributed by atoms with Crippen LogP contribution in [0, 0.1) is 24.0 Å². The standard InChI is InChI=1S/C17H20F2N2O3/c1-3-7-23-13-8-15(18)14(16(19)9-13)11-24-17(22)21-6-5-20-10-12(21)4-2/h1,8-9,12,20H,4-7,10-11H2,2H3/t12-/m1/s1. The maximum Gasteiger partial charge on any atom is 0.410 e. The van der Waals surface area contributed by atoms with Gasteiger partial charge in [0.1, 0.15) is 30.6 Å². The zero-order valence-corrected chi connectivity index (χ0v) is 13.5. The van der Waals surface area contributed by atoms with Crippen LogP contribution in [0.5, 0.6) is 5.75 Å². The first-order valence-electron chi connectivity index (χ1n) is 7.75. The molecule has 0 radical (unpaired) electrons. The molecular weight excluding hydrogens is 318 g/mol. The molecule has 0 unspecified atom stereocenters. The van der Waals surface area contributed by atoms with Gasteiger partial charge in [0.15, 0.2) is 0 Å². The van der Waals surface area contributed by atoms with Gasteiger partial charge in [-0.25, -0.2) is 13.6 Å². The number of piperazine rings is 1. The lowest BCUT2D eigenvalue weighted by Gasteiger charge is -2.34. The summed E-state index contributed by atoms with van der Waals surface area (Å²) in [6, 6.07) is 2.05. The van der Waals surface area contributed by atoms with Gasteiger partial charge in [0.2, 0.25) is 0 Å². The van der Waals surface area contributed by atoms with Crippen molar-refractivity contribution in [1.82, 2.24) is 10.2 Å². The number of hydrogen-bond acceptors (Lipinski definition) is 4. The minimum absolute atomic E-state index is 0.00817. The largest absolute Gasteiger partial charge is 0.481 e. The van der Waals surface area contributed by atoms with E-state index in [-0.39, 0.29) is 24.0 Å². The second kappa shape index (κ2) is 8.50. The molecule has 24 heavy (non-hydrogen) atoms. The Morgan fingerprint density at radius 3 is 2.79 bits per heavy atom. The second-order valence-electron chi connectivity index (χ2n) is 5.37. The fourth-order valence-electron chi connectivity index (χ4n) is 2.51. The molecule has 1 aliphatic heterocycles. The molecule has 1 aromatic carbocycles. The van der Waals surface area contributed by atoms with Crippen LogP contribution in [0.15, 0.2) is 12.1 Å². The molecule has 130 valence electrons. The minimum Gasteiger partial charge on any atom is -0.481 e. The smallest absolute Gasteiger partial charge is 0.410 e. The van der Waals surface area contributed by atoms with Crippen LogP contribution in [-0.2, 0) is 11.3 Å². The molecule has 1 atom stereocenters. The lowest BCUT2D eigenvalue weighted by atomic mass is 10.1. The summed E-state index contributed by atoms with van der Waals surface area (Å²) in [6.07, 6.45) is 5.22. The molecule has 1 saturated heterocycles. The highest BCUT2D eigenvalue weighted by atomic mass is 19.1.